The van der Waals surface area contributed by atoms with Crippen LogP contribution in [-0.2, 0) is 50.6 Å². The first-order valence-electron chi connectivity index (χ1n) is 17.2. The fourth-order valence-electron chi connectivity index (χ4n) is 6.42. The zero-order valence-electron chi connectivity index (χ0n) is 32.2. The lowest BCUT2D eigenvalue weighted by Gasteiger charge is -2.14. The summed E-state index contributed by atoms with van der Waals surface area (Å²) < 4.78 is 173. The Morgan fingerprint density at radius 3 is 1.64 bits per heavy atom. The third-order valence-corrected chi connectivity index (χ3v) is 13.7. The van der Waals surface area contributed by atoms with Crippen LogP contribution >= 0.6 is 11.6 Å². The average molecular weight is 1030 g/mol. The molecule has 0 aliphatic carbocycles. The molecular weight excluding hydrogens is 1000 g/mol. The molecule has 0 bridgehead atoms. The van der Waals surface area contributed by atoms with E-state index in [1.54, 1.807) is 0 Å². The van der Waals surface area contributed by atoms with E-state index in [1.165, 1.54) is 30.3 Å². The van der Waals surface area contributed by atoms with Gasteiger partial charge in [0.2, 0.25) is 17.2 Å². The number of aromatic hydroxyl groups is 1. The Hall–Kier alpha value is -6.55. The molecule has 31 heteroatoms. The van der Waals surface area contributed by atoms with Crippen molar-refractivity contribution >= 4 is 124 Å². The third-order valence-electron chi connectivity index (χ3n) is 9.03. The van der Waals surface area contributed by atoms with E-state index in [-0.39, 0.29) is 61.7 Å². The molecule has 0 spiro atoms. The Labute approximate surface area is 376 Å². The van der Waals surface area contributed by atoms with Crippen molar-refractivity contribution in [1.82, 2.24) is 15.0 Å². The average Bonchev–Trinajstić information content (AvgIpc) is 3.18. The Morgan fingerprint density at radius 1 is 0.530 bits per heavy atom. The predicted molar refractivity (Wildman–Crippen MR) is 234 cm³/mol. The Kier molecular flexibility index (Phi) is 12.9. The highest BCUT2D eigenvalue weighted by Crippen LogP contribution is 2.44. The summed E-state index contributed by atoms with van der Waals surface area (Å²) in [5, 5.41) is 22.6. The van der Waals surface area contributed by atoms with Gasteiger partial charge in [0.15, 0.2) is 5.75 Å². The molecule has 0 fully saturated rings. The lowest BCUT2D eigenvalue weighted by atomic mass is 10.0. The van der Waals surface area contributed by atoms with Crippen LogP contribution in [0.5, 0.6) is 5.75 Å². The van der Waals surface area contributed by atoms with Crippen LogP contribution in [0.4, 0.5) is 40.3 Å². The summed E-state index contributed by atoms with van der Waals surface area (Å²) in [5.41, 5.74) is 3.35. The van der Waals surface area contributed by atoms with Crippen molar-refractivity contribution in [3.63, 3.8) is 0 Å². The standard InChI is InChI=1S/C35H25ClN8O16S5.H2O/c36-33-40-34(42-35(41-33)39-19-6-9-22(28(15-19)63(52,53)54)21-7-4-17(37)14-27(21)62(49,50)51)38-18-5-8-20-16(12-18)13-29(64(55,56)57)30(31(20)45)44-43-25-11-10-23-24(32(25)65(58,59)60)2-1-3-26(23)61(46,47)48;/h1-15,45H,37H2,(H,46,47,48)(H,49,50,51)(H,52,53,54)(H,55,56,57)(H,58,59,60)(H2,38,39,40,41,42);1H2. The minimum atomic E-state index is -5.25. The quantitative estimate of drug-likeness (QED) is 0.0436. The van der Waals surface area contributed by atoms with Crippen LogP contribution in [0.15, 0.2) is 126 Å². The number of nitrogen functional groups attached to an aromatic ring is 1. The molecule has 0 amide bonds. The molecule has 0 aliphatic rings. The van der Waals surface area contributed by atoms with Crippen LogP contribution in [0.25, 0.3) is 32.7 Å². The van der Waals surface area contributed by atoms with Crippen LogP contribution in [-0.4, -0.2) is 90.4 Å². The van der Waals surface area contributed by atoms with Gasteiger partial charge in [0, 0.05) is 44.3 Å². The van der Waals surface area contributed by atoms with Crippen LogP contribution < -0.4 is 16.4 Å². The number of benzene rings is 6. The number of hydrogen-bond donors (Lipinski definition) is 9. The second-order valence-electron chi connectivity index (χ2n) is 13.3. The number of nitrogens with zero attached hydrogens (tertiary/aromatic N) is 5. The maximum atomic E-state index is 12.6. The highest BCUT2D eigenvalue weighted by atomic mass is 35.5. The summed E-state index contributed by atoms with van der Waals surface area (Å²) in [7, 11) is -25.4. The summed E-state index contributed by atoms with van der Waals surface area (Å²) in [6.07, 6.45) is 0. The molecule has 25 nitrogen and oxygen atoms in total. The predicted octanol–water partition coefficient (Wildman–Crippen LogP) is 5.10. The van der Waals surface area contributed by atoms with Crippen molar-refractivity contribution in [3.8, 4) is 16.9 Å². The largest absolute Gasteiger partial charge is 0.505 e. The normalized spacial score (nSPS) is 12.6. The van der Waals surface area contributed by atoms with E-state index >= 15 is 0 Å². The van der Waals surface area contributed by atoms with E-state index in [0.717, 1.165) is 60.7 Å². The van der Waals surface area contributed by atoms with Gasteiger partial charge in [0.1, 0.15) is 35.9 Å². The van der Waals surface area contributed by atoms with Crippen LogP contribution in [0.1, 0.15) is 0 Å². The Balaban J connectivity index is 0.00000720. The van der Waals surface area contributed by atoms with Gasteiger partial charge in [-0.1, -0.05) is 30.3 Å². The van der Waals surface area contributed by atoms with Crippen molar-refractivity contribution < 1.29 is 75.4 Å². The fourth-order valence-corrected chi connectivity index (χ4v) is 10.2. The molecular formula is C35H27ClN8O17S5. The monoisotopic (exact) mass is 1030 g/mol. The van der Waals surface area contributed by atoms with Crippen LogP contribution in [0.2, 0.25) is 5.28 Å². The Morgan fingerprint density at radius 2 is 1.06 bits per heavy atom. The number of phenols is 1. The summed E-state index contributed by atoms with van der Waals surface area (Å²) in [6.45, 7) is 0. The first kappa shape index (κ1) is 48.9. The number of rotatable bonds is 12. The van der Waals surface area contributed by atoms with Gasteiger partial charge in [-0.25, -0.2) is 0 Å². The lowest BCUT2D eigenvalue weighted by molar-refractivity contribution is 0.472. The van der Waals surface area contributed by atoms with Gasteiger partial charge in [-0.05, 0) is 77.7 Å². The molecule has 1 aromatic heterocycles. The number of phenolic OH excluding ortho intramolecular Hbond substituents is 1. The maximum absolute atomic E-state index is 12.6. The summed E-state index contributed by atoms with van der Waals surface area (Å²) in [4.78, 5) is 7.71. The topological polar surface area (TPSA) is 437 Å². The summed E-state index contributed by atoms with van der Waals surface area (Å²) >= 11 is 6.13. The minimum Gasteiger partial charge on any atom is -0.505 e. The van der Waals surface area contributed by atoms with E-state index in [9.17, 15) is 70.0 Å². The van der Waals surface area contributed by atoms with E-state index in [0.29, 0.717) is 0 Å². The molecule has 0 aliphatic heterocycles. The van der Waals surface area contributed by atoms with Gasteiger partial charge >= 0.3 is 0 Å². The van der Waals surface area contributed by atoms with E-state index in [1.807, 2.05) is 0 Å². The highest BCUT2D eigenvalue weighted by molar-refractivity contribution is 7.87. The zero-order chi connectivity index (χ0) is 47.6. The number of nitrogens with one attached hydrogen (secondary N) is 2. The molecule has 7 aromatic rings. The Bertz CT molecular complexity index is 3810. The van der Waals surface area contributed by atoms with Gasteiger partial charge < -0.3 is 26.9 Å². The molecule has 6 aromatic carbocycles. The lowest BCUT2D eigenvalue weighted by Crippen LogP contribution is -2.07. The molecule has 12 N–H and O–H groups in total. The van der Waals surface area contributed by atoms with E-state index in [2.05, 4.69) is 35.8 Å². The second kappa shape index (κ2) is 17.3. The fraction of sp³-hybridized carbons (Fsp3) is 0. The minimum absolute atomic E-state index is 0. The van der Waals surface area contributed by atoms with Crippen LogP contribution in [0, 0.1) is 0 Å². The molecule has 346 valence electrons. The second-order valence-corrected chi connectivity index (χ2v) is 20.6. The maximum Gasteiger partial charge on any atom is 0.297 e. The number of hydrogen-bond acceptors (Lipinski definition) is 19. The first-order chi connectivity index (χ1) is 30.1. The number of anilines is 5. The number of azo groups is 1. The van der Waals surface area contributed by atoms with Gasteiger partial charge in [-0.2, -0.15) is 57.0 Å². The molecule has 66 heavy (non-hydrogen) atoms. The zero-order valence-corrected chi connectivity index (χ0v) is 37.0. The van der Waals surface area contributed by atoms with Crippen LogP contribution in [0.3, 0.4) is 0 Å². The molecule has 1 heterocycles. The van der Waals surface area contributed by atoms with E-state index in [4.69, 9.17) is 17.3 Å². The third kappa shape index (κ3) is 10.1. The van der Waals surface area contributed by atoms with Crippen molar-refractivity contribution in [1.29, 1.82) is 0 Å². The molecule has 0 radical (unpaired) electrons. The van der Waals surface area contributed by atoms with Crippen molar-refractivity contribution in [2.24, 2.45) is 10.2 Å². The number of halogens is 1. The smallest absolute Gasteiger partial charge is 0.297 e. The van der Waals surface area contributed by atoms with Gasteiger partial charge in [0.05, 0.1) is 0 Å². The number of fused-ring (bicyclic) bond motifs is 2. The van der Waals surface area contributed by atoms with Gasteiger partial charge in [-0.15, -0.1) is 10.2 Å². The number of aromatic nitrogens is 3. The molecule has 0 atom stereocenters. The summed E-state index contributed by atoms with van der Waals surface area (Å²) in [6, 6.07) is 16.2. The first-order valence-corrected chi connectivity index (χ1v) is 24.8. The summed E-state index contributed by atoms with van der Waals surface area (Å²) in [5.74, 6) is -1.50. The number of nitrogens with two attached hydrogens (primary N) is 1. The van der Waals surface area contributed by atoms with Gasteiger partial charge in [0.25, 0.3) is 50.6 Å². The molecule has 7 rings (SSSR count). The highest BCUT2D eigenvalue weighted by Gasteiger charge is 2.27. The van der Waals surface area contributed by atoms with Gasteiger partial charge in [-0.3, -0.25) is 22.8 Å². The van der Waals surface area contributed by atoms with Crippen molar-refractivity contribution in [2.75, 3.05) is 16.4 Å². The molecule has 0 unspecified atom stereocenters. The molecule has 0 saturated heterocycles. The molecule has 0 saturated carbocycles. The SMILES string of the molecule is Nc1ccc(-c2ccc(Nc3nc(Cl)nc(Nc4ccc5c(O)c(N=Nc6ccc7c(S(=O)(=O)O)cccc7c6S(=O)(=O)O)c(S(=O)(=O)O)cc5c4)n3)cc2S(=O)(=O)O)c(S(=O)(=O)O)c1.O. The van der Waals surface area contributed by atoms with E-state index < -0.39 is 103 Å². The van der Waals surface area contributed by atoms with Crippen molar-refractivity contribution in [3.05, 3.63) is 96.3 Å². The van der Waals surface area contributed by atoms with Crippen molar-refractivity contribution in [2.45, 2.75) is 24.5 Å².